The van der Waals surface area contributed by atoms with Gasteiger partial charge in [-0.1, -0.05) is 24.3 Å². The zero-order valence-electron chi connectivity index (χ0n) is 14.1. The molecule has 0 saturated heterocycles. The summed E-state index contributed by atoms with van der Waals surface area (Å²) in [7, 11) is 0. The molecule has 2 N–H and O–H groups in total. The maximum Gasteiger partial charge on any atom is 0.266 e. The molecule has 0 aromatic heterocycles. The summed E-state index contributed by atoms with van der Waals surface area (Å²) in [5.41, 5.74) is 6.67. The molecular formula is C21H14N2O4. The molecule has 6 heteroatoms. The van der Waals surface area contributed by atoms with Crippen LogP contribution in [0.15, 0.2) is 72.8 Å². The highest BCUT2D eigenvalue weighted by Gasteiger charge is 2.37. The van der Waals surface area contributed by atoms with Crippen LogP contribution in [-0.4, -0.2) is 17.7 Å². The maximum absolute atomic E-state index is 12.7. The molecule has 3 amide bonds. The molecule has 1 aliphatic rings. The third-order valence-electron chi connectivity index (χ3n) is 4.27. The van der Waals surface area contributed by atoms with E-state index in [0.29, 0.717) is 33.9 Å². The first-order valence-corrected chi connectivity index (χ1v) is 8.21. The van der Waals surface area contributed by atoms with Crippen molar-refractivity contribution in [2.24, 2.45) is 5.73 Å². The van der Waals surface area contributed by atoms with Gasteiger partial charge in [0, 0.05) is 5.56 Å². The first-order chi connectivity index (χ1) is 13.1. The predicted molar refractivity (Wildman–Crippen MR) is 99.1 cm³/mol. The number of nitrogens with two attached hydrogens (primary N) is 1. The molecule has 132 valence electrons. The molecule has 0 saturated carbocycles. The normalized spacial score (nSPS) is 12.8. The number of benzene rings is 3. The number of amides is 3. The van der Waals surface area contributed by atoms with Gasteiger partial charge in [0.2, 0.25) is 5.91 Å². The molecule has 0 fully saturated rings. The highest BCUT2D eigenvalue weighted by Crippen LogP contribution is 2.36. The lowest BCUT2D eigenvalue weighted by molar-refractivity contribution is 0.0923. The van der Waals surface area contributed by atoms with Crippen molar-refractivity contribution in [1.29, 1.82) is 0 Å². The van der Waals surface area contributed by atoms with E-state index in [1.807, 2.05) is 0 Å². The molecule has 0 spiro atoms. The summed E-state index contributed by atoms with van der Waals surface area (Å²) in [4.78, 5) is 37.7. The quantitative estimate of drug-likeness (QED) is 0.724. The number of nitrogens with zero attached hydrogens (tertiary/aromatic N) is 1. The molecule has 1 aliphatic heterocycles. The van der Waals surface area contributed by atoms with Crippen LogP contribution in [0.25, 0.3) is 0 Å². The average molecular weight is 358 g/mol. The Bertz CT molecular complexity index is 1040. The third-order valence-corrected chi connectivity index (χ3v) is 4.27. The fourth-order valence-electron chi connectivity index (χ4n) is 2.95. The number of hydrogen-bond acceptors (Lipinski definition) is 4. The van der Waals surface area contributed by atoms with Crippen molar-refractivity contribution in [3.05, 3.63) is 89.5 Å². The SMILES string of the molecule is NC(=O)c1ccc(Oc2ccccc2N2C(=O)c3ccccc3C2=O)cc1. The van der Waals surface area contributed by atoms with E-state index in [2.05, 4.69) is 0 Å². The van der Waals surface area contributed by atoms with Crippen LogP contribution < -0.4 is 15.4 Å². The number of hydrogen-bond donors (Lipinski definition) is 1. The molecule has 1 heterocycles. The van der Waals surface area contributed by atoms with Crippen LogP contribution in [0.1, 0.15) is 31.1 Å². The van der Waals surface area contributed by atoms with Crippen LogP contribution in [0.4, 0.5) is 5.69 Å². The van der Waals surface area contributed by atoms with Gasteiger partial charge >= 0.3 is 0 Å². The molecule has 0 aliphatic carbocycles. The fraction of sp³-hybridized carbons (Fsp3) is 0. The number of rotatable bonds is 4. The summed E-state index contributed by atoms with van der Waals surface area (Å²) >= 11 is 0. The molecule has 3 aromatic carbocycles. The van der Waals surface area contributed by atoms with E-state index in [1.54, 1.807) is 72.8 Å². The van der Waals surface area contributed by atoms with Crippen LogP contribution in [0.2, 0.25) is 0 Å². The molecule has 0 unspecified atom stereocenters. The van der Waals surface area contributed by atoms with Crippen molar-refractivity contribution in [3.8, 4) is 11.5 Å². The van der Waals surface area contributed by atoms with Crippen molar-refractivity contribution >= 4 is 23.4 Å². The van der Waals surface area contributed by atoms with E-state index in [0.717, 1.165) is 4.90 Å². The van der Waals surface area contributed by atoms with Gasteiger partial charge in [-0.2, -0.15) is 0 Å². The molecule has 3 aromatic rings. The average Bonchev–Trinajstić information content (AvgIpc) is 2.94. The first-order valence-electron chi connectivity index (χ1n) is 8.21. The van der Waals surface area contributed by atoms with Gasteiger partial charge in [0.25, 0.3) is 11.8 Å². The smallest absolute Gasteiger partial charge is 0.266 e. The highest BCUT2D eigenvalue weighted by molar-refractivity contribution is 6.34. The standard InChI is InChI=1S/C21H14N2O4/c22-19(24)13-9-11-14(12-10-13)27-18-8-4-3-7-17(18)23-20(25)15-5-1-2-6-16(15)21(23)26/h1-12H,(H2,22,24). The van der Waals surface area contributed by atoms with Gasteiger partial charge in [-0.15, -0.1) is 0 Å². The molecule has 6 nitrogen and oxygen atoms in total. The van der Waals surface area contributed by atoms with Crippen molar-refractivity contribution in [3.63, 3.8) is 0 Å². The lowest BCUT2D eigenvalue weighted by Crippen LogP contribution is -2.29. The Morgan fingerprint density at radius 1 is 0.778 bits per heavy atom. The topological polar surface area (TPSA) is 89.7 Å². The van der Waals surface area contributed by atoms with Gasteiger partial charge in [-0.05, 0) is 48.5 Å². The van der Waals surface area contributed by atoms with Crippen molar-refractivity contribution in [2.75, 3.05) is 4.90 Å². The minimum atomic E-state index is -0.534. The number of fused-ring (bicyclic) bond motifs is 1. The third kappa shape index (κ3) is 2.83. The summed E-state index contributed by atoms with van der Waals surface area (Å²) in [5.74, 6) is -0.526. The number of imide groups is 1. The second kappa shape index (κ2) is 6.42. The Balaban J connectivity index is 1.69. The maximum atomic E-state index is 12.7. The van der Waals surface area contributed by atoms with Gasteiger partial charge in [0.15, 0.2) is 5.75 Å². The zero-order valence-corrected chi connectivity index (χ0v) is 14.1. The Hall–Kier alpha value is -3.93. The van der Waals surface area contributed by atoms with Crippen LogP contribution >= 0.6 is 0 Å². The molecule has 0 bridgehead atoms. The van der Waals surface area contributed by atoms with Crippen molar-refractivity contribution in [1.82, 2.24) is 0 Å². The van der Waals surface area contributed by atoms with Gasteiger partial charge in [0.1, 0.15) is 5.75 Å². The molecule has 0 radical (unpaired) electrons. The number of carbonyl (C=O) groups is 3. The van der Waals surface area contributed by atoms with Crippen LogP contribution in [0.5, 0.6) is 11.5 Å². The van der Waals surface area contributed by atoms with E-state index in [-0.39, 0.29) is 0 Å². The van der Waals surface area contributed by atoms with E-state index >= 15 is 0 Å². The Morgan fingerprint density at radius 3 is 1.93 bits per heavy atom. The molecular weight excluding hydrogens is 344 g/mol. The lowest BCUT2D eigenvalue weighted by Gasteiger charge is -2.18. The van der Waals surface area contributed by atoms with Gasteiger partial charge in [-0.3, -0.25) is 14.4 Å². The van der Waals surface area contributed by atoms with E-state index < -0.39 is 17.7 Å². The highest BCUT2D eigenvalue weighted by atomic mass is 16.5. The Kier molecular flexibility index (Phi) is 3.93. The monoisotopic (exact) mass is 358 g/mol. The van der Waals surface area contributed by atoms with E-state index in [1.165, 1.54) is 0 Å². The summed E-state index contributed by atoms with van der Waals surface area (Å²) < 4.78 is 5.85. The summed E-state index contributed by atoms with van der Waals surface area (Å²) in [5, 5.41) is 0. The van der Waals surface area contributed by atoms with Crippen molar-refractivity contribution < 1.29 is 19.1 Å². The van der Waals surface area contributed by atoms with E-state index in [9.17, 15) is 14.4 Å². The zero-order chi connectivity index (χ0) is 19.0. The number of primary amides is 1. The van der Waals surface area contributed by atoms with Crippen molar-refractivity contribution in [2.45, 2.75) is 0 Å². The van der Waals surface area contributed by atoms with Crippen LogP contribution in [0, 0.1) is 0 Å². The second-order valence-electron chi connectivity index (χ2n) is 5.95. The van der Waals surface area contributed by atoms with Gasteiger partial charge in [-0.25, -0.2) is 4.90 Å². The molecule has 0 atom stereocenters. The molecule has 27 heavy (non-hydrogen) atoms. The minimum absolute atomic E-state index is 0.346. The summed E-state index contributed by atoms with van der Waals surface area (Å²) in [6.07, 6.45) is 0. The summed E-state index contributed by atoms with van der Waals surface area (Å²) in [6, 6.07) is 19.8. The largest absolute Gasteiger partial charge is 0.455 e. The first kappa shape index (κ1) is 16.5. The predicted octanol–water partition coefficient (Wildman–Crippen LogP) is 3.38. The number of ether oxygens (including phenoxy) is 1. The minimum Gasteiger partial charge on any atom is -0.455 e. The lowest BCUT2D eigenvalue weighted by atomic mass is 10.1. The van der Waals surface area contributed by atoms with Crippen LogP contribution in [-0.2, 0) is 0 Å². The fourth-order valence-corrected chi connectivity index (χ4v) is 2.95. The molecule has 4 rings (SSSR count). The Labute approximate surface area is 154 Å². The van der Waals surface area contributed by atoms with Gasteiger partial charge in [0.05, 0.1) is 16.8 Å². The number of anilines is 1. The van der Waals surface area contributed by atoms with E-state index in [4.69, 9.17) is 10.5 Å². The Morgan fingerprint density at radius 2 is 1.33 bits per heavy atom. The number of carbonyl (C=O) groups excluding carboxylic acids is 3. The van der Waals surface area contributed by atoms with Gasteiger partial charge < -0.3 is 10.5 Å². The summed E-state index contributed by atoms with van der Waals surface area (Å²) in [6.45, 7) is 0. The second-order valence-corrected chi connectivity index (χ2v) is 5.95. The number of para-hydroxylation sites is 2. The van der Waals surface area contributed by atoms with Crippen LogP contribution in [0.3, 0.4) is 0 Å².